The zero-order valence-electron chi connectivity index (χ0n) is 12.4. The van der Waals surface area contributed by atoms with Gasteiger partial charge in [0.05, 0.1) is 16.3 Å². The van der Waals surface area contributed by atoms with Gasteiger partial charge in [-0.25, -0.2) is 8.42 Å². The number of carbonyl (C=O) groups excluding carboxylic acids is 1. The first kappa shape index (κ1) is 16.0. The number of nitrogens with zero attached hydrogens (tertiary/aromatic N) is 1. The largest absolute Gasteiger partial charge is 0.310 e. The summed E-state index contributed by atoms with van der Waals surface area (Å²) in [5.41, 5.74) is 2.05. The Balaban J connectivity index is 2.00. The van der Waals surface area contributed by atoms with Gasteiger partial charge in [0.1, 0.15) is 0 Å². The Labute approximate surface area is 143 Å². The van der Waals surface area contributed by atoms with Crippen molar-refractivity contribution < 1.29 is 13.2 Å². The normalized spacial score (nSPS) is 13.7. The van der Waals surface area contributed by atoms with Gasteiger partial charge < -0.3 is 4.90 Å². The van der Waals surface area contributed by atoms with Gasteiger partial charge in [0.25, 0.3) is 10.0 Å². The van der Waals surface area contributed by atoms with Gasteiger partial charge in [-0.05, 0) is 42.3 Å². The van der Waals surface area contributed by atoms with Crippen molar-refractivity contribution in [1.82, 2.24) is 0 Å². The second-order valence-electron chi connectivity index (χ2n) is 5.29. The van der Waals surface area contributed by atoms with Crippen LogP contribution >= 0.6 is 15.9 Å². The molecule has 0 atom stereocenters. The fourth-order valence-electron chi connectivity index (χ4n) is 2.67. The molecule has 0 saturated heterocycles. The Kier molecular flexibility index (Phi) is 4.16. The molecule has 1 heterocycles. The van der Waals surface area contributed by atoms with Crippen LogP contribution < -0.4 is 9.62 Å². The van der Waals surface area contributed by atoms with Gasteiger partial charge in [-0.1, -0.05) is 28.1 Å². The van der Waals surface area contributed by atoms with Crippen molar-refractivity contribution in [3.63, 3.8) is 0 Å². The van der Waals surface area contributed by atoms with E-state index in [-0.39, 0.29) is 10.8 Å². The van der Waals surface area contributed by atoms with Crippen LogP contribution in [0.15, 0.2) is 51.8 Å². The predicted octanol–water partition coefficient (Wildman–Crippen LogP) is 3.16. The van der Waals surface area contributed by atoms with E-state index in [1.807, 2.05) is 6.07 Å². The molecule has 0 radical (unpaired) electrons. The minimum Gasteiger partial charge on any atom is -0.310 e. The highest BCUT2D eigenvalue weighted by Gasteiger charge is 2.27. The smallest absolute Gasteiger partial charge is 0.261 e. The molecule has 1 amide bonds. The van der Waals surface area contributed by atoms with E-state index in [9.17, 15) is 13.2 Å². The maximum absolute atomic E-state index is 12.6. The Hall–Kier alpha value is -1.86. The van der Waals surface area contributed by atoms with Crippen LogP contribution in [0.3, 0.4) is 0 Å². The molecule has 0 aromatic heterocycles. The monoisotopic (exact) mass is 394 g/mol. The molecule has 3 rings (SSSR count). The third-order valence-electron chi connectivity index (χ3n) is 3.74. The third kappa shape index (κ3) is 3.11. The molecule has 120 valence electrons. The highest BCUT2D eigenvalue weighted by molar-refractivity contribution is 9.10. The number of sulfonamides is 1. The number of rotatable bonds is 3. The molecule has 2 aromatic carbocycles. The van der Waals surface area contributed by atoms with Crippen molar-refractivity contribution in [2.45, 2.75) is 18.2 Å². The SMILES string of the molecule is CC(=O)N1CCc2cccc(NS(=O)(=O)c3ccc(Br)cc3)c21. The Morgan fingerprint density at radius 2 is 1.87 bits per heavy atom. The molecule has 0 unspecified atom stereocenters. The maximum atomic E-state index is 12.6. The number of amides is 1. The second-order valence-corrected chi connectivity index (χ2v) is 7.89. The predicted molar refractivity (Wildman–Crippen MR) is 93.1 cm³/mol. The van der Waals surface area contributed by atoms with E-state index in [4.69, 9.17) is 0 Å². The zero-order chi connectivity index (χ0) is 16.6. The van der Waals surface area contributed by atoms with Crippen LogP contribution in [0.2, 0.25) is 0 Å². The number of nitrogens with one attached hydrogen (secondary N) is 1. The minimum atomic E-state index is -3.71. The molecule has 5 nitrogen and oxygen atoms in total. The van der Waals surface area contributed by atoms with E-state index in [0.717, 1.165) is 16.5 Å². The average molecular weight is 395 g/mol. The van der Waals surface area contributed by atoms with Crippen LogP contribution in [0, 0.1) is 0 Å². The van der Waals surface area contributed by atoms with Gasteiger partial charge in [0, 0.05) is 17.9 Å². The number of para-hydroxylation sites is 1. The van der Waals surface area contributed by atoms with Crippen LogP contribution in [0.25, 0.3) is 0 Å². The van der Waals surface area contributed by atoms with Crippen LogP contribution in [0.1, 0.15) is 12.5 Å². The van der Waals surface area contributed by atoms with E-state index in [1.54, 1.807) is 29.2 Å². The van der Waals surface area contributed by atoms with E-state index in [2.05, 4.69) is 20.7 Å². The lowest BCUT2D eigenvalue weighted by Gasteiger charge is -2.19. The maximum Gasteiger partial charge on any atom is 0.261 e. The van der Waals surface area contributed by atoms with Crippen molar-refractivity contribution in [2.24, 2.45) is 0 Å². The van der Waals surface area contributed by atoms with Gasteiger partial charge >= 0.3 is 0 Å². The van der Waals surface area contributed by atoms with Gasteiger partial charge in [-0.15, -0.1) is 0 Å². The van der Waals surface area contributed by atoms with Crippen LogP contribution in [-0.4, -0.2) is 20.9 Å². The van der Waals surface area contributed by atoms with E-state index in [0.29, 0.717) is 17.9 Å². The lowest BCUT2D eigenvalue weighted by Crippen LogP contribution is -2.27. The molecule has 2 aromatic rings. The first-order valence-electron chi connectivity index (χ1n) is 7.07. The van der Waals surface area contributed by atoms with Crippen LogP contribution in [0.4, 0.5) is 11.4 Å². The topological polar surface area (TPSA) is 66.5 Å². The first-order valence-corrected chi connectivity index (χ1v) is 9.34. The number of hydrogen-bond acceptors (Lipinski definition) is 3. The molecule has 0 aliphatic carbocycles. The summed E-state index contributed by atoms with van der Waals surface area (Å²) in [6, 6.07) is 11.8. The van der Waals surface area contributed by atoms with Gasteiger partial charge in [-0.3, -0.25) is 9.52 Å². The number of hydrogen-bond donors (Lipinski definition) is 1. The van der Waals surface area contributed by atoms with Crippen molar-refractivity contribution in [3.8, 4) is 0 Å². The van der Waals surface area contributed by atoms with Gasteiger partial charge in [0.2, 0.25) is 5.91 Å². The molecule has 0 saturated carbocycles. The molecular weight excluding hydrogens is 380 g/mol. The molecule has 1 N–H and O–H groups in total. The Bertz CT molecular complexity index is 863. The standard InChI is InChI=1S/C16H15BrN2O3S/c1-11(20)19-10-9-12-3-2-4-15(16(12)19)18-23(21,22)14-7-5-13(17)6-8-14/h2-8,18H,9-10H2,1H3. The quantitative estimate of drug-likeness (QED) is 0.868. The molecule has 0 bridgehead atoms. The molecular formula is C16H15BrN2O3S. The molecule has 1 aliphatic rings. The van der Waals surface area contributed by atoms with Crippen molar-refractivity contribution in [2.75, 3.05) is 16.2 Å². The summed E-state index contributed by atoms with van der Waals surface area (Å²) in [5, 5.41) is 0. The van der Waals surface area contributed by atoms with Crippen LogP contribution in [-0.2, 0) is 21.2 Å². The average Bonchev–Trinajstić information content (AvgIpc) is 2.92. The minimum absolute atomic E-state index is 0.0981. The zero-order valence-corrected chi connectivity index (χ0v) is 14.8. The number of benzene rings is 2. The highest BCUT2D eigenvalue weighted by Crippen LogP contribution is 2.36. The summed E-state index contributed by atoms with van der Waals surface area (Å²) in [7, 11) is -3.71. The summed E-state index contributed by atoms with van der Waals surface area (Å²) in [5.74, 6) is -0.0981. The molecule has 23 heavy (non-hydrogen) atoms. The molecule has 0 spiro atoms. The fraction of sp³-hybridized carbons (Fsp3) is 0.188. The lowest BCUT2D eigenvalue weighted by atomic mass is 10.1. The molecule has 0 fully saturated rings. The van der Waals surface area contributed by atoms with E-state index in [1.165, 1.54) is 19.1 Å². The summed E-state index contributed by atoms with van der Waals surface area (Å²) < 4.78 is 28.5. The summed E-state index contributed by atoms with van der Waals surface area (Å²) >= 11 is 3.28. The van der Waals surface area contributed by atoms with Crippen molar-refractivity contribution >= 4 is 43.2 Å². The fourth-order valence-corrected chi connectivity index (χ4v) is 4.00. The highest BCUT2D eigenvalue weighted by atomic mass is 79.9. The lowest BCUT2D eigenvalue weighted by molar-refractivity contribution is -0.116. The number of halogens is 1. The number of fused-ring (bicyclic) bond motifs is 1. The van der Waals surface area contributed by atoms with E-state index < -0.39 is 10.0 Å². The summed E-state index contributed by atoms with van der Waals surface area (Å²) in [6.45, 7) is 2.05. The second kappa shape index (κ2) is 5.98. The summed E-state index contributed by atoms with van der Waals surface area (Å²) in [4.78, 5) is 13.6. The Morgan fingerprint density at radius 3 is 2.52 bits per heavy atom. The van der Waals surface area contributed by atoms with E-state index >= 15 is 0 Å². The third-order valence-corrected chi connectivity index (χ3v) is 5.65. The number of carbonyl (C=O) groups is 1. The number of anilines is 2. The van der Waals surface area contributed by atoms with Gasteiger partial charge in [-0.2, -0.15) is 0 Å². The summed E-state index contributed by atoms with van der Waals surface area (Å²) in [6.07, 6.45) is 0.725. The van der Waals surface area contributed by atoms with Crippen molar-refractivity contribution in [1.29, 1.82) is 0 Å². The van der Waals surface area contributed by atoms with Gasteiger partial charge in [0.15, 0.2) is 0 Å². The molecule has 7 heteroatoms. The molecule has 1 aliphatic heterocycles. The first-order chi connectivity index (χ1) is 10.9. The van der Waals surface area contributed by atoms with Crippen molar-refractivity contribution in [3.05, 3.63) is 52.5 Å². The Morgan fingerprint density at radius 1 is 1.17 bits per heavy atom. The van der Waals surface area contributed by atoms with Crippen LogP contribution in [0.5, 0.6) is 0 Å².